The molecule has 1 saturated carbocycles. The fourth-order valence-electron chi connectivity index (χ4n) is 6.83. The van der Waals surface area contributed by atoms with Crippen LogP contribution in [0.15, 0.2) is 66.7 Å². The molecule has 1 spiro atoms. The molecule has 204 valence electrons. The Morgan fingerprint density at radius 3 is 2.49 bits per heavy atom. The van der Waals surface area contributed by atoms with E-state index in [1.807, 2.05) is 42.5 Å². The number of rotatable bonds is 8. The lowest BCUT2D eigenvalue weighted by Gasteiger charge is -2.34. The molecule has 5 atom stereocenters. The minimum absolute atomic E-state index is 0.101. The highest BCUT2D eigenvalue weighted by Crippen LogP contribution is 2.55. The first-order valence-electron chi connectivity index (χ1n) is 14.0. The van der Waals surface area contributed by atoms with Crippen LogP contribution in [0.1, 0.15) is 37.7 Å². The second kappa shape index (κ2) is 10.5. The third kappa shape index (κ3) is 4.61. The second-order valence-corrected chi connectivity index (χ2v) is 11.0. The summed E-state index contributed by atoms with van der Waals surface area (Å²) in [5, 5.41) is 6.19. The van der Waals surface area contributed by atoms with Crippen molar-refractivity contribution in [3.8, 4) is 5.75 Å². The van der Waals surface area contributed by atoms with E-state index in [1.54, 1.807) is 36.3 Å². The number of anilines is 1. The number of nitrogens with zero attached hydrogens (tertiary/aromatic N) is 1. The maximum atomic E-state index is 14.1. The first kappa shape index (κ1) is 25.6. The van der Waals surface area contributed by atoms with Crippen molar-refractivity contribution in [2.24, 2.45) is 11.8 Å². The molecule has 3 amide bonds. The standard InChI is InChI=1S/C31H35N3O5/c1-38-23-14-12-22(13-15-23)32-28(35)25-24-16-18-31(39-24)26(25)30(37)34(19-17-20-8-4-2-5-9-20)27(31)29(36)33-21-10-6-3-7-11-21/h2,4-5,8-9,12-16,18,21,24-27H,3,6-7,10-11,17,19H2,1H3,(H,32,35)(H,33,36)/t24-,25+,26-,27+,31-/m0/s1. The summed E-state index contributed by atoms with van der Waals surface area (Å²) in [5.41, 5.74) is 0.541. The van der Waals surface area contributed by atoms with Crippen LogP contribution in [0.2, 0.25) is 0 Å². The van der Waals surface area contributed by atoms with Crippen molar-refractivity contribution in [3.63, 3.8) is 0 Å². The fourth-order valence-corrected chi connectivity index (χ4v) is 6.83. The van der Waals surface area contributed by atoms with Gasteiger partial charge in [0.25, 0.3) is 0 Å². The number of carbonyl (C=O) groups is 3. The van der Waals surface area contributed by atoms with Crippen molar-refractivity contribution in [2.45, 2.75) is 62.3 Å². The van der Waals surface area contributed by atoms with Gasteiger partial charge in [0, 0.05) is 18.3 Å². The van der Waals surface area contributed by atoms with Crippen molar-refractivity contribution in [2.75, 3.05) is 19.0 Å². The molecule has 3 aliphatic heterocycles. The summed E-state index contributed by atoms with van der Waals surface area (Å²) in [6.45, 7) is 0.374. The molecule has 2 saturated heterocycles. The molecule has 4 aliphatic rings. The average molecular weight is 530 g/mol. The molecular weight excluding hydrogens is 494 g/mol. The molecule has 3 heterocycles. The highest BCUT2D eigenvalue weighted by Gasteiger charge is 2.72. The van der Waals surface area contributed by atoms with Crippen LogP contribution in [-0.4, -0.2) is 60.1 Å². The number of amides is 3. The van der Waals surface area contributed by atoms with E-state index in [0.29, 0.717) is 24.4 Å². The third-order valence-corrected chi connectivity index (χ3v) is 8.72. The third-order valence-electron chi connectivity index (χ3n) is 8.72. The van der Waals surface area contributed by atoms with Gasteiger partial charge in [-0.25, -0.2) is 0 Å². The van der Waals surface area contributed by atoms with Gasteiger partial charge in [0.05, 0.1) is 25.0 Å². The number of fused-ring (bicyclic) bond motifs is 1. The van der Waals surface area contributed by atoms with Gasteiger partial charge in [-0.2, -0.15) is 0 Å². The Kier molecular flexibility index (Phi) is 6.89. The molecule has 39 heavy (non-hydrogen) atoms. The van der Waals surface area contributed by atoms with Crippen molar-refractivity contribution in [3.05, 3.63) is 72.3 Å². The summed E-state index contributed by atoms with van der Waals surface area (Å²) in [4.78, 5) is 43.2. The lowest BCUT2D eigenvalue weighted by Crippen LogP contribution is -2.56. The van der Waals surface area contributed by atoms with Crippen LogP contribution in [0, 0.1) is 11.8 Å². The van der Waals surface area contributed by atoms with Crippen LogP contribution in [0.3, 0.4) is 0 Å². The van der Waals surface area contributed by atoms with Crippen LogP contribution < -0.4 is 15.4 Å². The molecule has 8 nitrogen and oxygen atoms in total. The number of nitrogens with one attached hydrogen (secondary N) is 2. The summed E-state index contributed by atoms with van der Waals surface area (Å²) in [7, 11) is 1.59. The van der Waals surface area contributed by atoms with E-state index < -0.39 is 29.6 Å². The topological polar surface area (TPSA) is 97.0 Å². The quantitative estimate of drug-likeness (QED) is 0.511. The summed E-state index contributed by atoms with van der Waals surface area (Å²) < 4.78 is 11.7. The van der Waals surface area contributed by atoms with Gasteiger partial charge in [-0.3, -0.25) is 14.4 Å². The fraction of sp³-hybridized carbons (Fsp3) is 0.452. The molecule has 2 aromatic carbocycles. The zero-order valence-electron chi connectivity index (χ0n) is 22.2. The highest BCUT2D eigenvalue weighted by molar-refractivity contribution is 6.02. The number of carbonyl (C=O) groups excluding carboxylic acids is 3. The van der Waals surface area contributed by atoms with Crippen LogP contribution >= 0.6 is 0 Å². The number of likely N-dealkylation sites (tertiary alicyclic amines) is 1. The first-order chi connectivity index (χ1) is 19.0. The Morgan fingerprint density at radius 1 is 1.03 bits per heavy atom. The number of hydrogen-bond donors (Lipinski definition) is 2. The SMILES string of the molecule is COc1ccc(NC(=O)[C@@H]2[C@@H]3C=C[C@]4(O3)[C@@H]2C(=O)N(CCc2ccccc2)[C@@H]4C(=O)NC2CCCCC2)cc1. The Labute approximate surface area is 228 Å². The zero-order chi connectivity index (χ0) is 27.0. The second-order valence-electron chi connectivity index (χ2n) is 11.0. The summed E-state index contributed by atoms with van der Waals surface area (Å²) in [5.74, 6) is -1.47. The summed E-state index contributed by atoms with van der Waals surface area (Å²) in [6, 6.07) is 16.3. The molecule has 2 bridgehead atoms. The smallest absolute Gasteiger partial charge is 0.246 e. The predicted molar refractivity (Wildman–Crippen MR) is 146 cm³/mol. The molecule has 1 aliphatic carbocycles. The van der Waals surface area contributed by atoms with Gasteiger partial charge in [-0.1, -0.05) is 61.7 Å². The molecule has 2 aromatic rings. The van der Waals surface area contributed by atoms with Gasteiger partial charge in [-0.15, -0.1) is 0 Å². The molecule has 2 N–H and O–H groups in total. The minimum atomic E-state index is -1.15. The molecule has 0 aromatic heterocycles. The Hall–Kier alpha value is -3.65. The highest BCUT2D eigenvalue weighted by atomic mass is 16.5. The lowest BCUT2D eigenvalue weighted by atomic mass is 9.74. The Morgan fingerprint density at radius 2 is 1.77 bits per heavy atom. The van der Waals surface area contributed by atoms with Gasteiger partial charge in [0.1, 0.15) is 17.4 Å². The van der Waals surface area contributed by atoms with E-state index in [1.165, 1.54) is 6.42 Å². The number of methoxy groups -OCH3 is 1. The van der Waals surface area contributed by atoms with Crippen molar-refractivity contribution < 1.29 is 23.9 Å². The molecule has 3 fully saturated rings. The maximum Gasteiger partial charge on any atom is 0.246 e. The van der Waals surface area contributed by atoms with E-state index in [2.05, 4.69) is 10.6 Å². The number of hydrogen-bond acceptors (Lipinski definition) is 5. The van der Waals surface area contributed by atoms with E-state index in [4.69, 9.17) is 9.47 Å². The zero-order valence-corrected chi connectivity index (χ0v) is 22.2. The maximum absolute atomic E-state index is 14.1. The molecule has 0 radical (unpaired) electrons. The van der Waals surface area contributed by atoms with Crippen molar-refractivity contribution in [1.29, 1.82) is 0 Å². The van der Waals surface area contributed by atoms with Gasteiger partial charge < -0.3 is 25.0 Å². The Bertz CT molecular complexity index is 1260. The lowest BCUT2D eigenvalue weighted by molar-refractivity contribution is -0.141. The van der Waals surface area contributed by atoms with Gasteiger partial charge in [0.2, 0.25) is 17.7 Å². The van der Waals surface area contributed by atoms with Gasteiger partial charge >= 0.3 is 0 Å². The van der Waals surface area contributed by atoms with E-state index >= 15 is 0 Å². The van der Waals surface area contributed by atoms with E-state index in [9.17, 15) is 14.4 Å². The minimum Gasteiger partial charge on any atom is -0.497 e. The summed E-state index contributed by atoms with van der Waals surface area (Å²) >= 11 is 0. The van der Waals surface area contributed by atoms with Gasteiger partial charge in [0.15, 0.2) is 0 Å². The van der Waals surface area contributed by atoms with Crippen molar-refractivity contribution >= 4 is 23.4 Å². The monoisotopic (exact) mass is 529 g/mol. The number of ether oxygens (including phenoxy) is 2. The molecule has 6 rings (SSSR count). The number of benzene rings is 2. The van der Waals surface area contributed by atoms with Crippen LogP contribution in [0.25, 0.3) is 0 Å². The largest absolute Gasteiger partial charge is 0.497 e. The Balaban J connectivity index is 1.28. The summed E-state index contributed by atoms with van der Waals surface area (Å²) in [6.07, 6.45) is 9.02. The average Bonchev–Trinajstić information content (AvgIpc) is 3.60. The molecular formula is C31H35N3O5. The predicted octanol–water partition coefficient (Wildman–Crippen LogP) is 3.48. The van der Waals surface area contributed by atoms with E-state index in [0.717, 1.165) is 31.2 Å². The molecule has 8 heteroatoms. The van der Waals surface area contributed by atoms with Crippen LogP contribution in [0.4, 0.5) is 5.69 Å². The molecule has 0 unspecified atom stereocenters. The van der Waals surface area contributed by atoms with Crippen molar-refractivity contribution in [1.82, 2.24) is 10.2 Å². The normalized spacial score (nSPS) is 29.4. The van der Waals surface area contributed by atoms with Crippen LogP contribution in [-0.2, 0) is 25.5 Å². The van der Waals surface area contributed by atoms with Gasteiger partial charge in [-0.05, 0) is 49.1 Å². The van der Waals surface area contributed by atoms with E-state index in [-0.39, 0.29) is 23.8 Å². The van der Waals surface area contributed by atoms with Crippen LogP contribution in [0.5, 0.6) is 5.75 Å². The first-order valence-corrected chi connectivity index (χ1v) is 14.0.